The third-order valence-corrected chi connectivity index (χ3v) is 3.16. The van der Waals surface area contributed by atoms with Crippen LogP contribution in [0.25, 0.3) is 11.0 Å². The Morgan fingerprint density at radius 3 is 2.74 bits per heavy atom. The van der Waals surface area contributed by atoms with Gasteiger partial charge in [-0.15, -0.1) is 0 Å². The fraction of sp³-hybridized carbons (Fsp3) is 0. The predicted molar refractivity (Wildman–Crippen MR) is 70.9 cm³/mol. The largest absolute Gasteiger partial charge is 0.268 e. The molecule has 3 aromatic rings. The van der Waals surface area contributed by atoms with Crippen molar-refractivity contribution in [1.82, 2.24) is 9.55 Å². The molecule has 19 heavy (non-hydrogen) atoms. The van der Waals surface area contributed by atoms with Crippen molar-refractivity contribution in [3.63, 3.8) is 0 Å². The van der Waals surface area contributed by atoms with E-state index in [0.29, 0.717) is 11.0 Å². The van der Waals surface area contributed by atoms with Gasteiger partial charge in [0.1, 0.15) is 12.1 Å². The van der Waals surface area contributed by atoms with Crippen LogP contribution >= 0.6 is 11.6 Å². The molecule has 0 saturated carbocycles. The van der Waals surface area contributed by atoms with Crippen LogP contribution in [0.5, 0.6) is 0 Å². The Bertz CT molecular complexity index is 762. The molecule has 0 aliphatic carbocycles. The van der Waals surface area contributed by atoms with E-state index in [0.717, 1.165) is 0 Å². The van der Waals surface area contributed by atoms with Crippen LogP contribution in [0.3, 0.4) is 0 Å². The number of hydrogen-bond acceptors (Lipinski definition) is 2. The van der Waals surface area contributed by atoms with E-state index < -0.39 is 11.7 Å². The summed E-state index contributed by atoms with van der Waals surface area (Å²) in [5.74, 6) is -1.17. The molecule has 0 N–H and O–H groups in total. The summed E-state index contributed by atoms with van der Waals surface area (Å²) in [6.45, 7) is 0. The van der Waals surface area contributed by atoms with Crippen LogP contribution in [-0.4, -0.2) is 15.5 Å². The van der Waals surface area contributed by atoms with E-state index in [1.165, 1.54) is 29.1 Å². The number of halogens is 2. The van der Waals surface area contributed by atoms with Crippen molar-refractivity contribution in [2.24, 2.45) is 0 Å². The number of fused-ring (bicyclic) bond motifs is 1. The zero-order valence-electron chi connectivity index (χ0n) is 9.68. The van der Waals surface area contributed by atoms with Crippen molar-refractivity contribution in [3.05, 3.63) is 65.2 Å². The van der Waals surface area contributed by atoms with E-state index in [1.807, 2.05) is 6.07 Å². The molecule has 2 aromatic carbocycles. The van der Waals surface area contributed by atoms with Crippen molar-refractivity contribution in [1.29, 1.82) is 0 Å². The zero-order valence-corrected chi connectivity index (χ0v) is 10.4. The number of imidazole rings is 1. The molecule has 0 spiro atoms. The molecule has 0 fully saturated rings. The van der Waals surface area contributed by atoms with Gasteiger partial charge in [-0.3, -0.25) is 9.36 Å². The van der Waals surface area contributed by atoms with Gasteiger partial charge in [0.15, 0.2) is 0 Å². The second-order valence-corrected chi connectivity index (χ2v) is 4.41. The van der Waals surface area contributed by atoms with Gasteiger partial charge in [0.05, 0.1) is 21.6 Å². The number of hydrogen-bond donors (Lipinski definition) is 0. The molecule has 0 unspecified atom stereocenters. The lowest BCUT2D eigenvalue weighted by atomic mass is 10.2. The van der Waals surface area contributed by atoms with E-state index in [1.54, 1.807) is 18.2 Å². The van der Waals surface area contributed by atoms with Crippen LogP contribution in [0, 0.1) is 5.82 Å². The maximum Gasteiger partial charge on any atom is 0.268 e. The van der Waals surface area contributed by atoms with Gasteiger partial charge in [0, 0.05) is 0 Å². The lowest BCUT2D eigenvalue weighted by Gasteiger charge is -2.06. The maximum absolute atomic E-state index is 13.8. The summed E-state index contributed by atoms with van der Waals surface area (Å²) < 4.78 is 15.0. The molecule has 0 bridgehead atoms. The molecule has 3 rings (SSSR count). The van der Waals surface area contributed by atoms with Crippen LogP contribution in [-0.2, 0) is 0 Å². The highest BCUT2D eigenvalue weighted by Crippen LogP contribution is 2.22. The Hall–Kier alpha value is -2.20. The summed E-state index contributed by atoms with van der Waals surface area (Å²) >= 11 is 5.90. The van der Waals surface area contributed by atoms with Gasteiger partial charge in [-0.1, -0.05) is 29.8 Å². The van der Waals surface area contributed by atoms with Gasteiger partial charge in [-0.05, 0) is 24.3 Å². The summed E-state index contributed by atoms with van der Waals surface area (Å²) in [5, 5.41) is 0.0859. The highest BCUT2D eigenvalue weighted by atomic mass is 35.5. The van der Waals surface area contributed by atoms with Crippen molar-refractivity contribution < 1.29 is 9.18 Å². The molecule has 0 aliphatic heterocycles. The number of rotatable bonds is 1. The number of benzene rings is 2. The lowest BCUT2D eigenvalue weighted by molar-refractivity contribution is 0.0960. The normalized spacial score (nSPS) is 10.8. The van der Waals surface area contributed by atoms with Crippen LogP contribution in [0.2, 0.25) is 5.02 Å². The van der Waals surface area contributed by atoms with E-state index in [2.05, 4.69) is 4.98 Å². The Labute approximate surface area is 113 Å². The van der Waals surface area contributed by atoms with E-state index in [4.69, 9.17) is 11.6 Å². The Morgan fingerprint density at radius 2 is 1.95 bits per heavy atom. The smallest absolute Gasteiger partial charge is 0.268 e. The van der Waals surface area contributed by atoms with Gasteiger partial charge in [-0.2, -0.15) is 0 Å². The summed E-state index contributed by atoms with van der Waals surface area (Å²) in [5.41, 5.74) is 1.14. The van der Waals surface area contributed by atoms with Crippen LogP contribution < -0.4 is 0 Å². The number of para-hydroxylation sites is 2. The van der Waals surface area contributed by atoms with Gasteiger partial charge in [0.2, 0.25) is 0 Å². The van der Waals surface area contributed by atoms with Crippen molar-refractivity contribution >= 4 is 28.5 Å². The third-order valence-electron chi connectivity index (χ3n) is 2.85. The first-order valence-electron chi connectivity index (χ1n) is 5.59. The van der Waals surface area contributed by atoms with Crippen molar-refractivity contribution in [2.75, 3.05) is 0 Å². The van der Waals surface area contributed by atoms with Crippen LogP contribution in [0.1, 0.15) is 10.4 Å². The highest BCUT2D eigenvalue weighted by Gasteiger charge is 2.19. The summed E-state index contributed by atoms with van der Waals surface area (Å²) in [6.07, 6.45) is 1.37. The summed E-state index contributed by atoms with van der Waals surface area (Å²) in [4.78, 5) is 16.5. The maximum atomic E-state index is 13.8. The molecule has 0 saturated heterocycles. The molecule has 0 atom stereocenters. The topological polar surface area (TPSA) is 34.9 Å². The molecule has 1 aromatic heterocycles. The zero-order chi connectivity index (χ0) is 13.4. The molecular formula is C14H8ClFN2O. The second-order valence-electron chi connectivity index (χ2n) is 4.01. The number of carbonyl (C=O) groups excluding carboxylic acids is 1. The fourth-order valence-electron chi connectivity index (χ4n) is 1.94. The standard InChI is InChI=1S/C14H8ClFN2O/c15-9-4-3-5-10(16)13(9)14(19)18-8-17-11-6-1-2-7-12(11)18/h1-8H. The average Bonchev–Trinajstić information content (AvgIpc) is 2.82. The number of aromatic nitrogens is 2. The van der Waals surface area contributed by atoms with E-state index in [9.17, 15) is 9.18 Å². The minimum Gasteiger partial charge on any atom is -0.268 e. The first kappa shape index (κ1) is 11.9. The molecule has 94 valence electrons. The van der Waals surface area contributed by atoms with E-state index >= 15 is 0 Å². The summed E-state index contributed by atoms with van der Waals surface area (Å²) in [7, 11) is 0. The fourth-order valence-corrected chi connectivity index (χ4v) is 2.19. The predicted octanol–water partition coefficient (Wildman–Crippen LogP) is 3.52. The molecule has 0 aliphatic rings. The number of nitrogens with zero attached hydrogens (tertiary/aromatic N) is 2. The van der Waals surface area contributed by atoms with Gasteiger partial charge < -0.3 is 0 Å². The Kier molecular flexibility index (Phi) is 2.80. The van der Waals surface area contributed by atoms with Crippen LogP contribution in [0.15, 0.2) is 48.8 Å². The summed E-state index contributed by atoms with van der Waals surface area (Å²) in [6, 6.07) is 11.3. The van der Waals surface area contributed by atoms with Gasteiger partial charge in [0.25, 0.3) is 5.91 Å². The minimum absolute atomic E-state index is 0.0859. The first-order valence-corrected chi connectivity index (χ1v) is 5.97. The SMILES string of the molecule is O=C(c1c(F)cccc1Cl)n1cnc2ccccc21. The molecule has 3 nitrogen and oxygen atoms in total. The Morgan fingerprint density at radius 1 is 1.16 bits per heavy atom. The Balaban J connectivity index is 2.20. The van der Waals surface area contributed by atoms with Gasteiger partial charge in [-0.25, -0.2) is 9.37 Å². The van der Waals surface area contributed by atoms with Crippen molar-refractivity contribution in [3.8, 4) is 0 Å². The monoisotopic (exact) mass is 274 g/mol. The average molecular weight is 275 g/mol. The van der Waals surface area contributed by atoms with E-state index in [-0.39, 0.29) is 10.6 Å². The van der Waals surface area contributed by atoms with Crippen molar-refractivity contribution in [2.45, 2.75) is 0 Å². The molecule has 0 radical (unpaired) electrons. The number of carbonyl (C=O) groups is 1. The first-order chi connectivity index (χ1) is 9.18. The molecule has 1 heterocycles. The lowest BCUT2D eigenvalue weighted by Crippen LogP contribution is -2.13. The third kappa shape index (κ3) is 1.90. The quantitative estimate of drug-likeness (QED) is 0.680. The second kappa shape index (κ2) is 4.48. The molecular weight excluding hydrogens is 267 g/mol. The highest BCUT2D eigenvalue weighted by molar-refractivity contribution is 6.34. The molecule has 0 amide bonds. The van der Waals surface area contributed by atoms with Crippen LogP contribution in [0.4, 0.5) is 4.39 Å². The molecule has 5 heteroatoms. The van der Waals surface area contributed by atoms with Gasteiger partial charge >= 0.3 is 0 Å². The minimum atomic E-state index is -0.643.